The minimum atomic E-state index is 0.450. The highest BCUT2D eigenvalue weighted by Crippen LogP contribution is 2.39. The van der Waals surface area contributed by atoms with E-state index >= 15 is 0 Å². The number of nitrogen functional groups attached to an aromatic ring is 1. The van der Waals surface area contributed by atoms with Crippen LogP contribution in [0.2, 0.25) is 0 Å². The fourth-order valence-corrected chi connectivity index (χ4v) is 3.13. The van der Waals surface area contributed by atoms with Crippen LogP contribution in [-0.2, 0) is 6.54 Å². The fourth-order valence-electron chi connectivity index (χ4n) is 3.13. The van der Waals surface area contributed by atoms with Gasteiger partial charge in [0.1, 0.15) is 5.52 Å². The molecule has 3 N–H and O–H groups in total. The lowest BCUT2D eigenvalue weighted by molar-refractivity contribution is 0.610. The van der Waals surface area contributed by atoms with Gasteiger partial charge in [-0.05, 0) is 17.5 Å². The molecule has 0 saturated carbocycles. The molecule has 0 spiro atoms. The summed E-state index contributed by atoms with van der Waals surface area (Å²) in [4.78, 5) is 9.08. The van der Waals surface area contributed by atoms with Crippen molar-refractivity contribution < 1.29 is 0 Å². The number of nitrogens with zero attached hydrogens (tertiary/aromatic N) is 3. The quantitative estimate of drug-likeness (QED) is 0.698. The van der Waals surface area contributed by atoms with E-state index in [1.165, 1.54) is 10.9 Å². The summed E-state index contributed by atoms with van der Waals surface area (Å²) in [6.07, 6.45) is 0. The molecule has 0 radical (unpaired) electrons. The second-order valence-corrected chi connectivity index (χ2v) is 5.13. The second-order valence-electron chi connectivity index (χ2n) is 5.13. The molecule has 5 nitrogen and oxygen atoms in total. The van der Waals surface area contributed by atoms with Gasteiger partial charge in [-0.3, -0.25) is 0 Å². The highest BCUT2D eigenvalue weighted by Gasteiger charge is 2.25. The summed E-state index contributed by atoms with van der Waals surface area (Å²) >= 11 is 0. The third-order valence-corrected chi connectivity index (χ3v) is 3.97. The molecule has 0 fully saturated rings. The molecule has 2 aromatic heterocycles. The van der Waals surface area contributed by atoms with Crippen molar-refractivity contribution in [3.8, 4) is 0 Å². The molecule has 3 aromatic rings. The first-order valence-electron chi connectivity index (χ1n) is 6.46. The summed E-state index contributed by atoms with van der Waals surface area (Å²) in [6.45, 7) is 3.15. The van der Waals surface area contributed by atoms with Gasteiger partial charge in [0.25, 0.3) is 0 Å². The van der Waals surface area contributed by atoms with Crippen molar-refractivity contribution >= 4 is 33.7 Å². The molecule has 0 saturated heterocycles. The summed E-state index contributed by atoms with van der Waals surface area (Å²) in [5, 5.41) is 4.34. The van der Waals surface area contributed by atoms with Crippen molar-refractivity contribution in [2.24, 2.45) is 0 Å². The molecule has 1 aliphatic heterocycles. The number of nitrogens with two attached hydrogens (primary N) is 1. The van der Waals surface area contributed by atoms with Crippen molar-refractivity contribution in [3.63, 3.8) is 0 Å². The fraction of sp³-hybridized carbons (Fsp3) is 0.286. The Balaban J connectivity index is 2.32. The van der Waals surface area contributed by atoms with E-state index in [1.54, 1.807) is 0 Å². The number of imidazole rings is 1. The monoisotopic (exact) mass is 253 g/mol. The summed E-state index contributed by atoms with van der Waals surface area (Å²) in [5.74, 6) is 1.81. The first-order chi connectivity index (χ1) is 9.20. The number of rotatable bonds is 1. The summed E-state index contributed by atoms with van der Waals surface area (Å²) < 4.78 is 2.22. The number of hydrogen-bond acceptors (Lipinski definition) is 4. The SMILES string of the molecule is CNc1nc2c(N)nc3cccc4c3c2n1CC4C. The van der Waals surface area contributed by atoms with Gasteiger partial charge in [0, 0.05) is 19.0 Å². The van der Waals surface area contributed by atoms with Gasteiger partial charge < -0.3 is 15.6 Å². The lowest BCUT2D eigenvalue weighted by Crippen LogP contribution is -2.14. The van der Waals surface area contributed by atoms with Crippen LogP contribution in [0.4, 0.5) is 11.8 Å². The van der Waals surface area contributed by atoms with Crippen LogP contribution in [0.25, 0.3) is 21.9 Å². The number of pyridine rings is 1. The van der Waals surface area contributed by atoms with Crippen molar-refractivity contribution in [1.82, 2.24) is 14.5 Å². The molecular weight excluding hydrogens is 238 g/mol. The van der Waals surface area contributed by atoms with E-state index in [0.717, 1.165) is 29.0 Å². The van der Waals surface area contributed by atoms with Crippen molar-refractivity contribution in [2.75, 3.05) is 18.1 Å². The Hall–Kier alpha value is -2.30. The zero-order chi connectivity index (χ0) is 13.1. The van der Waals surface area contributed by atoms with E-state index in [-0.39, 0.29) is 0 Å². The minimum absolute atomic E-state index is 0.450. The molecule has 3 heterocycles. The zero-order valence-electron chi connectivity index (χ0n) is 10.9. The predicted octanol–water partition coefficient (Wildman–Crippen LogP) is 2.33. The molecule has 0 amide bonds. The second kappa shape index (κ2) is 3.38. The Morgan fingerprint density at radius 2 is 2.21 bits per heavy atom. The van der Waals surface area contributed by atoms with E-state index in [0.29, 0.717) is 11.7 Å². The third-order valence-electron chi connectivity index (χ3n) is 3.97. The van der Waals surface area contributed by atoms with Gasteiger partial charge in [0.2, 0.25) is 5.95 Å². The standard InChI is InChI=1S/C14H15N5/c1-7-6-19-12-10-8(7)4-3-5-9(10)17-13(15)11(12)18-14(19)16-2/h3-5,7H,6H2,1-2H3,(H2,15,17)(H,16,18). The highest BCUT2D eigenvalue weighted by atomic mass is 15.2. The van der Waals surface area contributed by atoms with Gasteiger partial charge in [-0.25, -0.2) is 9.97 Å². The number of aromatic nitrogens is 3. The minimum Gasteiger partial charge on any atom is -0.382 e. The number of hydrogen-bond donors (Lipinski definition) is 2. The molecule has 1 atom stereocenters. The van der Waals surface area contributed by atoms with Gasteiger partial charge in [-0.15, -0.1) is 0 Å². The van der Waals surface area contributed by atoms with Crippen LogP contribution in [-0.4, -0.2) is 21.6 Å². The van der Waals surface area contributed by atoms with Crippen molar-refractivity contribution in [2.45, 2.75) is 19.4 Å². The van der Waals surface area contributed by atoms with Crippen LogP contribution in [0.5, 0.6) is 0 Å². The summed E-state index contributed by atoms with van der Waals surface area (Å²) in [6, 6.07) is 6.25. The number of benzene rings is 1. The predicted molar refractivity (Wildman–Crippen MR) is 77.4 cm³/mol. The van der Waals surface area contributed by atoms with Gasteiger partial charge in [-0.2, -0.15) is 0 Å². The maximum atomic E-state index is 6.05. The lowest BCUT2D eigenvalue weighted by Gasteiger charge is -2.23. The highest BCUT2D eigenvalue weighted by molar-refractivity contribution is 6.09. The van der Waals surface area contributed by atoms with Crippen LogP contribution in [0.1, 0.15) is 18.4 Å². The van der Waals surface area contributed by atoms with E-state index in [1.807, 2.05) is 13.1 Å². The molecule has 1 aromatic carbocycles. The summed E-state index contributed by atoms with van der Waals surface area (Å²) in [7, 11) is 1.89. The first kappa shape index (κ1) is 10.6. The van der Waals surface area contributed by atoms with Gasteiger partial charge in [-0.1, -0.05) is 19.1 Å². The molecule has 1 unspecified atom stereocenters. The normalized spacial score (nSPS) is 17.5. The Morgan fingerprint density at radius 1 is 1.37 bits per heavy atom. The average molecular weight is 253 g/mol. The van der Waals surface area contributed by atoms with Crippen LogP contribution >= 0.6 is 0 Å². The largest absolute Gasteiger partial charge is 0.382 e. The van der Waals surface area contributed by atoms with E-state index in [9.17, 15) is 0 Å². The van der Waals surface area contributed by atoms with Crippen LogP contribution in [0.15, 0.2) is 18.2 Å². The number of anilines is 2. The van der Waals surface area contributed by atoms with E-state index < -0.39 is 0 Å². The molecule has 96 valence electrons. The van der Waals surface area contributed by atoms with Crippen LogP contribution in [0, 0.1) is 0 Å². The average Bonchev–Trinajstić information content (AvgIpc) is 2.78. The molecule has 19 heavy (non-hydrogen) atoms. The molecule has 1 aliphatic rings. The van der Waals surface area contributed by atoms with E-state index in [4.69, 9.17) is 5.73 Å². The van der Waals surface area contributed by atoms with Gasteiger partial charge in [0.05, 0.1) is 11.0 Å². The smallest absolute Gasteiger partial charge is 0.203 e. The van der Waals surface area contributed by atoms with Gasteiger partial charge >= 0.3 is 0 Å². The zero-order valence-corrected chi connectivity index (χ0v) is 10.9. The maximum Gasteiger partial charge on any atom is 0.203 e. The maximum absolute atomic E-state index is 6.05. The molecular formula is C14H15N5. The molecule has 0 aliphatic carbocycles. The molecule has 4 rings (SSSR count). The molecule has 0 bridgehead atoms. The first-order valence-corrected chi connectivity index (χ1v) is 6.46. The Bertz CT molecular complexity index is 818. The molecule has 5 heteroatoms. The van der Waals surface area contributed by atoms with Gasteiger partial charge in [0.15, 0.2) is 5.82 Å². The summed E-state index contributed by atoms with van der Waals surface area (Å²) in [5.41, 5.74) is 10.3. The van der Waals surface area contributed by atoms with Crippen molar-refractivity contribution in [1.29, 1.82) is 0 Å². The van der Waals surface area contributed by atoms with E-state index in [2.05, 4.69) is 38.9 Å². The van der Waals surface area contributed by atoms with Crippen LogP contribution < -0.4 is 11.1 Å². The topological polar surface area (TPSA) is 68.8 Å². The number of nitrogens with one attached hydrogen (secondary N) is 1. The Labute approximate surface area is 110 Å². The van der Waals surface area contributed by atoms with Crippen molar-refractivity contribution in [3.05, 3.63) is 23.8 Å². The Kier molecular flexibility index (Phi) is 1.88. The van der Waals surface area contributed by atoms with Crippen LogP contribution in [0.3, 0.4) is 0 Å². The Morgan fingerprint density at radius 3 is 3.00 bits per heavy atom. The lowest BCUT2D eigenvalue weighted by atomic mass is 9.93. The third kappa shape index (κ3) is 1.19.